The molecule has 2 aromatic rings. The summed E-state index contributed by atoms with van der Waals surface area (Å²) < 4.78 is 6.15. The Labute approximate surface area is 121 Å². The number of aromatic nitrogens is 4. The van der Waals surface area contributed by atoms with E-state index >= 15 is 0 Å². The van der Waals surface area contributed by atoms with Crippen molar-refractivity contribution < 1.29 is 14.3 Å². The molecule has 0 radical (unpaired) electrons. The average Bonchev–Trinajstić information content (AvgIpc) is 2.91. The summed E-state index contributed by atoms with van der Waals surface area (Å²) in [5.41, 5.74) is 0.568. The lowest BCUT2D eigenvalue weighted by Gasteiger charge is -2.20. The monoisotopic (exact) mass is 289 g/mol. The number of anilines is 1. The van der Waals surface area contributed by atoms with Crippen molar-refractivity contribution in [2.24, 2.45) is 7.05 Å². The minimum atomic E-state index is -0.496. The average molecular weight is 289 g/mol. The summed E-state index contributed by atoms with van der Waals surface area (Å²) >= 11 is 0. The van der Waals surface area contributed by atoms with E-state index in [4.69, 9.17) is 4.74 Å². The van der Waals surface area contributed by atoms with Gasteiger partial charge in [0.15, 0.2) is 0 Å². The first-order valence-corrected chi connectivity index (χ1v) is 6.38. The Morgan fingerprint density at radius 3 is 2.57 bits per heavy atom. The van der Waals surface area contributed by atoms with Gasteiger partial charge >= 0.3 is 5.97 Å². The number of ether oxygens (including phenoxy) is 1. The molecule has 110 valence electrons. The molecule has 0 fully saturated rings. The Morgan fingerprint density at radius 2 is 2.00 bits per heavy atom. The molecule has 0 spiro atoms. The van der Waals surface area contributed by atoms with Crippen LogP contribution in [0.4, 0.5) is 5.69 Å². The van der Waals surface area contributed by atoms with E-state index in [-0.39, 0.29) is 19.0 Å². The highest BCUT2D eigenvalue weighted by atomic mass is 16.5. The number of rotatable bonds is 5. The van der Waals surface area contributed by atoms with Crippen LogP contribution in [0.3, 0.4) is 0 Å². The smallest absolute Gasteiger partial charge is 0.326 e. The van der Waals surface area contributed by atoms with E-state index < -0.39 is 11.9 Å². The number of aryl methyl sites for hydroxylation is 1. The summed E-state index contributed by atoms with van der Waals surface area (Å²) in [6.45, 7) is 1.75. The first-order chi connectivity index (χ1) is 10.1. The lowest BCUT2D eigenvalue weighted by atomic mass is 10.2. The number of para-hydroxylation sites is 1. The molecule has 1 heterocycles. The second kappa shape index (κ2) is 6.60. The SMILES string of the molecule is CCOC(=O)CN(C(=O)c1nnnn1C)c1ccccc1. The standard InChI is InChI=1S/C13H15N5O3/c1-3-21-11(19)9-18(10-7-5-4-6-8-10)13(20)12-14-15-16-17(12)2/h4-8H,3,9H2,1-2H3. The summed E-state index contributed by atoms with van der Waals surface area (Å²) in [6.07, 6.45) is 0. The first-order valence-electron chi connectivity index (χ1n) is 6.38. The zero-order chi connectivity index (χ0) is 15.2. The fourth-order valence-corrected chi connectivity index (χ4v) is 1.76. The van der Waals surface area contributed by atoms with Gasteiger partial charge in [0, 0.05) is 12.7 Å². The van der Waals surface area contributed by atoms with E-state index in [1.807, 2.05) is 6.07 Å². The molecule has 2 rings (SSSR count). The van der Waals surface area contributed by atoms with Crippen molar-refractivity contribution in [2.75, 3.05) is 18.1 Å². The van der Waals surface area contributed by atoms with Crippen molar-refractivity contribution in [1.29, 1.82) is 0 Å². The highest BCUT2D eigenvalue weighted by Crippen LogP contribution is 2.15. The van der Waals surface area contributed by atoms with Gasteiger partial charge in [-0.15, -0.1) is 5.10 Å². The fourth-order valence-electron chi connectivity index (χ4n) is 1.76. The maximum Gasteiger partial charge on any atom is 0.326 e. The van der Waals surface area contributed by atoms with Crippen LogP contribution in [0.1, 0.15) is 17.5 Å². The van der Waals surface area contributed by atoms with E-state index in [0.29, 0.717) is 5.69 Å². The van der Waals surface area contributed by atoms with Gasteiger partial charge in [0.1, 0.15) is 6.54 Å². The second-order valence-corrected chi connectivity index (χ2v) is 4.16. The molecule has 21 heavy (non-hydrogen) atoms. The van der Waals surface area contributed by atoms with Crippen LogP contribution in [-0.4, -0.2) is 45.2 Å². The predicted molar refractivity (Wildman–Crippen MR) is 73.5 cm³/mol. The number of esters is 1. The Morgan fingerprint density at radius 1 is 1.29 bits per heavy atom. The summed E-state index contributed by atoms with van der Waals surface area (Å²) in [7, 11) is 1.56. The molecule has 1 aromatic heterocycles. The van der Waals surface area contributed by atoms with Crippen LogP contribution in [0.25, 0.3) is 0 Å². The molecule has 1 aromatic carbocycles. The molecule has 0 saturated carbocycles. The van der Waals surface area contributed by atoms with Gasteiger partial charge in [-0.3, -0.25) is 14.5 Å². The molecule has 0 N–H and O–H groups in total. The van der Waals surface area contributed by atoms with Crippen molar-refractivity contribution in [3.63, 3.8) is 0 Å². The second-order valence-electron chi connectivity index (χ2n) is 4.16. The highest BCUT2D eigenvalue weighted by molar-refractivity contribution is 6.06. The molecule has 0 bridgehead atoms. The summed E-state index contributed by atoms with van der Waals surface area (Å²) in [5, 5.41) is 10.7. The number of carbonyl (C=O) groups is 2. The normalized spacial score (nSPS) is 10.2. The third-order valence-corrected chi connectivity index (χ3v) is 2.72. The maximum absolute atomic E-state index is 12.5. The predicted octanol–water partition coefficient (Wildman–Crippen LogP) is 0.420. The Bertz CT molecular complexity index is 626. The molecule has 1 amide bonds. The molecule has 0 aliphatic heterocycles. The molecule has 8 nitrogen and oxygen atoms in total. The third-order valence-electron chi connectivity index (χ3n) is 2.72. The van der Waals surface area contributed by atoms with E-state index in [0.717, 1.165) is 0 Å². The minimum absolute atomic E-state index is 0.0446. The minimum Gasteiger partial charge on any atom is -0.465 e. The van der Waals surface area contributed by atoms with Gasteiger partial charge in [-0.2, -0.15) is 0 Å². The molecular formula is C13H15N5O3. The van der Waals surface area contributed by atoms with Crippen LogP contribution in [0.2, 0.25) is 0 Å². The van der Waals surface area contributed by atoms with Crippen LogP contribution in [-0.2, 0) is 16.6 Å². The number of benzene rings is 1. The van der Waals surface area contributed by atoms with Crippen molar-refractivity contribution in [1.82, 2.24) is 20.2 Å². The van der Waals surface area contributed by atoms with E-state index in [2.05, 4.69) is 15.5 Å². The van der Waals surface area contributed by atoms with Crippen LogP contribution in [0.5, 0.6) is 0 Å². The zero-order valence-electron chi connectivity index (χ0n) is 11.8. The maximum atomic E-state index is 12.5. The lowest BCUT2D eigenvalue weighted by Crippen LogP contribution is -2.38. The molecule has 0 unspecified atom stereocenters. The first kappa shape index (κ1) is 14.6. The van der Waals surface area contributed by atoms with E-state index in [1.54, 1.807) is 38.2 Å². The summed E-state index contributed by atoms with van der Waals surface area (Å²) in [4.78, 5) is 25.5. The quantitative estimate of drug-likeness (QED) is 0.741. The fraction of sp³-hybridized carbons (Fsp3) is 0.308. The Kier molecular flexibility index (Phi) is 4.60. The largest absolute Gasteiger partial charge is 0.465 e. The van der Waals surface area contributed by atoms with Gasteiger partial charge in [-0.25, -0.2) is 4.68 Å². The van der Waals surface area contributed by atoms with Gasteiger partial charge in [0.2, 0.25) is 5.82 Å². The van der Waals surface area contributed by atoms with Crippen LogP contribution < -0.4 is 4.90 Å². The zero-order valence-corrected chi connectivity index (χ0v) is 11.8. The van der Waals surface area contributed by atoms with Crippen molar-refractivity contribution in [3.05, 3.63) is 36.2 Å². The number of amides is 1. The highest BCUT2D eigenvalue weighted by Gasteiger charge is 2.25. The Balaban J connectivity index is 2.30. The van der Waals surface area contributed by atoms with Crippen molar-refractivity contribution in [3.8, 4) is 0 Å². The van der Waals surface area contributed by atoms with Crippen molar-refractivity contribution in [2.45, 2.75) is 6.92 Å². The topological polar surface area (TPSA) is 90.2 Å². The van der Waals surface area contributed by atoms with E-state index in [1.165, 1.54) is 9.58 Å². The van der Waals surface area contributed by atoms with Gasteiger partial charge in [0.25, 0.3) is 5.91 Å². The summed E-state index contributed by atoms with van der Waals surface area (Å²) in [5.74, 6) is -0.922. The van der Waals surface area contributed by atoms with Gasteiger partial charge in [-0.1, -0.05) is 18.2 Å². The van der Waals surface area contributed by atoms with Crippen LogP contribution in [0, 0.1) is 0 Å². The number of tetrazole rings is 1. The van der Waals surface area contributed by atoms with Gasteiger partial charge in [0.05, 0.1) is 6.61 Å². The molecule has 0 atom stereocenters. The molecular weight excluding hydrogens is 274 g/mol. The number of nitrogens with zero attached hydrogens (tertiary/aromatic N) is 5. The van der Waals surface area contributed by atoms with Crippen LogP contribution in [0.15, 0.2) is 30.3 Å². The Hall–Kier alpha value is -2.77. The molecule has 0 saturated heterocycles. The number of carbonyl (C=O) groups excluding carboxylic acids is 2. The van der Waals surface area contributed by atoms with Crippen LogP contribution >= 0.6 is 0 Å². The number of hydrogen-bond acceptors (Lipinski definition) is 6. The summed E-state index contributed by atoms with van der Waals surface area (Å²) in [6, 6.07) is 8.81. The van der Waals surface area contributed by atoms with Crippen molar-refractivity contribution >= 4 is 17.6 Å². The molecule has 8 heteroatoms. The molecule has 0 aliphatic carbocycles. The van der Waals surface area contributed by atoms with E-state index in [9.17, 15) is 9.59 Å². The lowest BCUT2D eigenvalue weighted by molar-refractivity contribution is -0.141. The number of hydrogen-bond donors (Lipinski definition) is 0. The third kappa shape index (κ3) is 3.41. The molecule has 0 aliphatic rings. The van der Waals surface area contributed by atoms with Gasteiger partial charge < -0.3 is 4.74 Å². The van der Waals surface area contributed by atoms with Gasteiger partial charge in [-0.05, 0) is 29.5 Å².